The average Bonchev–Trinajstić information content (AvgIpc) is 2.87. The third-order valence-corrected chi connectivity index (χ3v) is 3.07. The summed E-state index contributed by atoms with van der Waals surface area (Å²) < 4.78 is 20.9. The molecular weight excluding hydrogens is 262 g/mol. The van der Waals surface area contributed by atoms with Crippen molar-refractivity contribution in [2.45, 2.75) is 19.1 Å². The zero-order valence-corrected chi connectivity index (χ0v) is 11.9. The van der Waals surface area contributed by atoms with Gasteiger partial charge in [0.2, 0.25) is 5.90 Å². The van der Waals surface area contributed by atoms with Crippen molar-refractivity contribution in [3.63, 3.8) is 0 Å². The Labute approximate surface area is 117 Å². The first-order chi connectivity index (χ1) is 9.62. The number of hydrogen-bond acceptors (Lipinski definition) is 6. The van der Waals surface area contributed by atoms with Crippen LogP contribution in [0.5, 0.6) is 11.5 Å². The molecule has 0 fully saturated rings. The number of carbonyl (C=O) groups excluding carboxylic acids is 1. The number of hydrogen-bond donors (Lipinski definition) is 0. The molecule has 20 heavy (non-hydrogen) atoms. The Kier molecular flexibility index (Phi) is 4.12. The fraction of sp³-hybridized carbons (Fsp3) is 0.429. The van der Waals surface area contributed by atoms with E-state index in [1.807, 2.05) is 0 Å². The molecule has 0 unspecified atom stereocenters. The van der Waals surface area contributed by atoms with E-state index in [0.717, 1.165) is 0 Å². The smallest absolute Gasteiger partial charge is 0.334 e. The Balaban J connectivity index is 2.40. The molecule has 0 radical (unpaired) electrons. The first kappa shape index (κ1) is 14.2. The predicted octanol–water partition coefficient (Wildman–Crippen LogP) is 1.41. The second kappa shape index (κ2) is 5.81. The maximum absolute atomic E-state index is 11.6. The van der Waals surface area contributed by atoms with E-state index in [2.05, 4.69) is 4.99 Å². The molecule has 0 amide bonds. The Morgan fingerprint density at radius 3 is 2.60 bits per heavy atom. The number of esters is 1. The molecule has 0 aliphatic carbocycles. The monoisotopic (exact) mass is 279 g/mol. The van der Waals surface area contributed by atoms with E-state index in [1.165, 1.54) is 14.2 Å². The van der Waals surface area contributed by atoms with E-state index in [4.69, 9.17) is 18.9 Å². The summed E-state index contributed by atoms with van der Waals surface area (Å²) in [4.78, 5) is 15.9. The first-order valence-electron chi connectivity index (χ1n) is 6.16. The van der Waals surface area contributed by atoms with Gasteiger partial charge in [0.1, 0.15) is 6.10 Å². The van der Waals surface area contributed by atoms with Gasteiger partial charge in [0.05, 0.1) is 26.9 Å². The second-order valence-electron chi connectivity index (χ2n) is 4.27. The van der Waals surface area contributed by atoms with E-state index < -0.39 is 12.0 Å². The third-order valence-electron chi connectivity index (χ3n) is 3.07. The topological polar surface area (TPSA) is 66.4 Å². The van der Waals surface area contributed by atoms with Gasteiger partial charge in [0.25, 0.3) is 0 Å². The summed E-state index contributed by atoms with van der Waals surface area (Å²) in [6.45, 7) is 1.77. The van der Waals surface area contributed by atoms with Crippen LogP contribution in [0, 0.1) is 0 Å². The number of rotatable bonds is 4. The Hall–Kier alpha value is -2.24. The van der Waals surface area contributed by atoms with Gasteiger partial charge in [-0.3, -0.25) is 0 Å². The molecule has 1 aliphatic rings. The molecule has 0 bridgehead atoms. The summed E-state index contributed by atoms with van der Waals surface area (Å²) in [5.41, 5.74) is 0.644. The van der Waals surface area contributed by atoms with Gasteiger partial charge in [-0.15, -0.1) is 0 Å². The van der Waals surface area contributed by atoms with Crippen molar-refractivity contribution in [1.82, 2.24) is 0 Å². The molecule has 0 aromatic heterocycles. The van der Waals surface area contributed by atoms with E-state index in [9.17, 15) is 4.79 Å². The maximum Gasteiger partial charge on any atom is 0.334 e. The average molecular weight is 279 g/mol. The number of aliphatic imine (C=N–C) groups is 1. The van der Waals surface area contributed by atoms with Crippen LogP contribution in [0.2, 0.25) is 0 Å². The Morgan fingerprint density at radius 1 is 1.25 bits per heavy atom. The lowest BCUT2D eigenvalue weighted by atomic mass is 10.2. The zero-order valence-electron chi connectivity index (χ0n) is 11.9. The fourth-order valence-electron chi connectivity index (χ4n) is 2.06. The van der Waals surface area contributed by atoms with E-state index in [1.54, 1.807) is 32.2 Å². The molecule has 6 heteroatoms. The quantitative estimate of drug-likeness (QED) is 0.780. The minimum Gasteiger partial charge on any atom is -0.493 e. The third kappa shape index (κ3) is 2.41. The highest BCUT2D eigenvalue weighted by atomic mass is 16.5. The van der Waals surface area contributed by atoms with Crippen molar-refractivity contribution in [3.05, 3.63) is 23.8 Å². The van der Waals surface area contributed by atoms with Crippen LogP contribution >= 0.6 is 0 Å². The van der Waals surface area contributed by atoms with Crippen molar-refractivity contribution < 1.29 is 23.7 Å². The number of methoxy groups -OCH3 is 3. The molecule has 1 heterocycles. The molecule has 1 aromatic carbocycles. The number of ether oxygens (including phenoxy) is 4. The van der Waals surface area contributed by atoms with Crippen molar-refractivity contribution in [2.75, 3.05) is 21.3 Å². The number of benzene rings is 1. The summed E-state index contributed by atoms with van der Waals surface area (Å²) in [5.74, 6) is 1.02. The van der Waals surface area contributed by atoms with Gasteiger partial charge in [-0.2, -0.15) is 0 Å². The van der Waals surface area contributed by atoms with Crippen LogP contribution in [0.4, 0.5) is 0 Å². The van der Waals surface area contributed by atoms with E-state index in [-0.39, 0.29) is 6.10 Å². The summed E-state index contributed by atoms with van der Waals surface area (Å²) in [6.07, 6.45) is -0.381. The highest BCUT2D eigenvalue weighted by molar-refractivity contribution is 6.00. The van der Waals surface area contributed by atoms with Crippen LogP contribution in [0.15, 0.2) is 23.2 Å². The molecule has 1 aliphatic heterocycles. The molecule has 0 N–H and O–H groups in total. The number of carbonyl (C=O) groups is 1. The summed E-state index contributed by atoms with van der Waals surface area (Å²) in [6, 6.07) is 4.72. The Bertz CT molecular complexity index is 540. The summed E-state index contributed by atoms with van der Waals surface area (Å²) >= 11 is 0. The largest absolute Gasteiger partial charge is 0.493 e. The standard InChI is InChI=1S/C14H17NO5/c1-8-11(14(16)19-4)15-13(20-8)9-6-5-7-10(17-2)12(9)18-3/h5-8,11H,1-4H3/t8-,11+/m1/s1. The SMILES string of the molecule is COC(=O)[C@H]1N=C(c2cccc(OC)c2OC)O[C@@H]1C. The van der Waals surface area contributed by atoms with Gasteiger partial charge in [-0.25, -0.2) is 9.79 Å². The number of para-hydroxylation sites is 1. The van der Waals surface area contributed by atoms with Crippen molar-refractivity contribution >= 4 is 11.9 Å². The van der Waals surface area contributed by atoms with Gasteiger partial charge in [0, 0.05) is 0 Å². The van der Waals surface area contributed by atoms with Crippen LogP contribution in [0.3, 0.4) is 0 Å². The highest BCUT2D eigenvalue weighted by Gasteiger charge is 2.35. The van der Waals surface area contributed by atoms with Gasteiger partial charge < -0.3 is 18.9 Å². The lowest BCUT2D eigenvalue weighted by Crippen LogP contribution is -2.28. The first-order valence-corrected chi connectivity index (χ1v) is 6.16. The van der Waals surface area contributed by atoms with Gasteiger partial charge in [-0.05, 0) is 19.1 Å². The van der Waals surface area contributed by atoms with E-state index in [0.29, 0.717) is 23.0 Å². The predicted molar refractivity (Wildman–Crippen MR) is 72.4 cm³/mol. The fourth-order valence-corrected chi connectivity index (χ4v) is 2.06. The van der Waals surface area contributed by atoms with Gasteiger partial charge in [-0.1, -0.05) is 6.07 Å². The van der Waals surface area contributed by atoms with Crippen molar-refractivity contribution in [1.29, 1.82) is 0 Å². The van der Waals surface area contributed by atoms with Crippen LogP contribution in [-0.2, 0) is 14.3 Å². The molecule has 0 spiro atoms. The van der Waals surface area contributed by atoms with Crippen LogP contribution < -0.4 is 9.47 Å². The molecule has 2 atom stereocenters. The number of nitrogens with zero attached hydrogens (tertiary/aromatic N) is 1. The molecular formula is C14H17NO5. The normalized spacial score (nSPS) is 20.9. The minimum atomic E-state index is -0.661. The van der Waals surface area contributed by atoms with Crippen LogP contribution in [-0.4, -0.2) is 45.3 Å². The van der Waals surface area contributed by atoms with Crippen molar-refractivity contribution in [3.8, 4) is 11.5 Å². The van der Waals surface area contributed by atoms with Crippen LogP contribution in [0.1, 0.15) is 12.5 Å². The zero-order chi connectivity index (χ0) is 14.7. The van der Waals surface area contributed by atoms with Gasteiger partial charge in [0.15, 0.2) is 17.5 Å². The second-order valence-corrected chi connectivity index (χ2v) is 4.27. The van der Waals surface area contributed by atoms with E-state index >= 15 is 0 Å². The summed E-state index contributed by atoms with van der Waals surface area (Å²) in [7, 11) is 4.42. The lowest BCUT2D eigenvalue weighted by Gasteiger charge is -2.13. The van der Waals surface area contributed by atoms with Crippen molar-refractivity contribution in [2.24, 2.45) is 4.99 Å². The summed E-state index contributed by atoms with van der Waals surface area (Å²) in [5, 5.41) is 0. The molecule has 108 valence electrons. The lowest BCUT2D eigenvalue weighted by molar-refractivity contribution is -0.143. The maximum atomic E-state index is 11.6. The minimum absolute atomic E-state index is 0.351. The van der Waals surface area contributed by atoms with Crippen LogP contribution in [0.25, 0.3) is 0 Å². The Morgan fingerprint density at radius 2 is 2.00 bits per heavy atom. The molecule has 0 saturated carbocycles. The molecule has 2 rings (SSSR count). The molecule has 0 saturated heterocycles. The molecule has 6 nitrogen and oxygen atoms in total. The highest BCUT2D eigenvalue weighted by Crippen LogP contribution is 2.33. The molecule has 1 aromatic rings. The van der Waals surface area contributed by atoms with Gasteiger partial charge >= 0.3 is 5.97 Å².